The van der Waals surface area contributed by atoms with Crippen LogP contribution in [-0.2, 0) is 9.59 Å². The number of halogens is 1. The van der Waals surface area contributed by atoms with Crippen LogP contribution >= 0.6 is 0 Å². The number of nitrogen functional groups attached to an aromatic ring is 1. The molecule has 0 aliphatic carbocycles. The van der Waals surface area contributed by atoms with E-state index in [2.05, 4.69) is 39.0 Å². The Morgan fingerprint density at radius 3 is 2.33 bits per heavy atom. The topological polar surface area (TPSA) is 230 Å². The van der Waals surface area contributed by atoms with Crippen LogP contribution in [0, 0.1) is 17.1 Å². The van der Waals surface area contributed by atoms with E-state index in [0.29, 0.717) is 36.4 Å². The van der Waals surface area contributed by atoms with E-state index in [1.165, 1.54) is 45.6 Å². The van der Waals surface area contributed by atoms with E-state index in [-0.39, 0.29) is 35.9 Å². The first kappa shape index (κ1) is 44.8. The Labute approximate surface area is 354 Å². The minimum Gasteiger partial charge on any atom is -0.490 e. The molecule has 3 amide bonds. The Bertz CT molecular complexity index is 2190. The SMILES string of the molecule is CN1CCC(CN2CCC(Oc3cccc(-c4onc5ccc(C(=N)N)cc45)c3)CC2)CC1.CNC(=O)C(CCC=O)N1C(=O)c2cc(F)c(N3CCCC3)cc2C1=O.NN. The lowest BCUT2D eigenvalue weighted by molar-refractivity contribution is -0.124. The summed E-state index contributed by atoms with van der Waals surface area (Å²) in [6, 6.07) is 14.9. The van der Waals surface area contributed by atoms with Crippen LogP contribution in [0.1, 0.15) is 77.6 Å². The molecule has 3 fully saturated rings. The highest BCUT2D eigenvalue weighted by atomic mass is 19.1. The van der Waals surface area contributed by atoms with E-state index < -0.39 is 29.6 Å². The van der Waals surface area contributed by atoms with Gasteiger partial charge >= 0.3 is 0 Å². The number of imide groups is 1. The normalized spacial score (nSPS) is 17.9. The number of amides is 3. The highest BCUT2D eigenvalue weighted by Crippen LogP contribution is 2.34. The third-order valence-corrected chi connectivity index (χ3v) is 11.9. The molecule has 8 rings (SSSR count). The molecule has 17 heteroatoms. The smallest absolute Gasteiger partial charge is 0.262 e. The minimum absolute atomic E-state index is 0.0239. The first-order chi connectivity index (χ1) is 29.5. The molecular formula is C44H57FN10O6. The Morgan fingerprint density at radius 2 is 1.67 bits per heavy atom. The number of likely N-dealkylation sites (N-methyl/N-ethyl adjacent to an activating group) is 1. The molecule has 0 spiro atoms. The van der Waals surface area contributed by atoms with Gasteiger partial charge in [0.2, 0.25) is 5.91 Å². The van der Waals surface area contributed by atoms with Gasteiger partial charge in [0, 0.05) is 57.3 Å². The lowest BCUT2D eigenvalue weighted by Crippen LogP contribution is -2.48. The number of ether oxygens (including phenoxy) is 1. The van der Waals surface area contributed by atoms with Gasteiger partial charge < -0.3 is 39.8 Å². The fraction of sp³-hybridized carbons (Fsp3) is 0.455. The summed E-state index contributed by atoms with van der Waals surface area (Å²) in [5.41, 5.74) is 8.33. The van der Waals surface area contributed by atoms with E-state index >= 15 is 0 Å². The average molecular weight is 841 g/mol. The van der Waals surface area contributed by atoms with Crippen molar-refractivity contribution in [1.29, 1.82) is 5.41 Å². The highest BCUT2D eigenvalue weighted by molar-refractivity contribution is 6.23. The quantitative estimate of drug-likeness (QED) is 0.0341. The van der Waals surface area contributed by atoms with E-state index in [1.807, 2.05) is 41.3 Å². The van der Waals surface area contributed by atoms with Gasteiger partial charge in [0.1, 0.15) is 41.4 Å². The molecule has 1 unspecified atom stereocenters. The van der Waals surface area contributed by atoms with Gasteiger partial charge in [-0.3, -0.25) is 36.4 Å². The molecular weight excluding hydrogens is 784 g/mol. The molecule has 3 aromatic carbocycles. The van der Waals surface area contributed by atoms with Gasteiger partial charge in [-0.05, 0) is 113 Å². The van der Waals surface area contributed by atoms with E-state index in [0.717, 1.165) is 77.9 Å². The van der Waals surface area contributed by atoms with Gasteiger partial charge in [0.25, 0.3) is 11.8 Å². The van der Waals surface area contributed by atoms with Gasteiger partial charge in [0.05, 0.1) is 22.2 Å². The molecule has 4 aliphatic rings. The molecule has 16 nitrogen and oxygen atoms in total. The number of aldehydes is 1. The van der Waals surface area contributed by atoms with Crippen LogP contribution in [0.4, 0.5) is 10.1 Å². The number of carbonyl (C=O) groups is 4. The molecule has 5 heterocycles. The molecule has 61 heavy (non-hydrogen) atoms. The van der Waals surface area contributed by atoms with Gasteiger partial charge in [-0.25, -0.2) is 4.39 Å². The van der Waals surface area contributed by atoms with Crippen molar-refractivity contribution in [2.75, 3.05) is 64.8 Å². The molecule has 1 atom stereocenters. The number of likely N-dealkylation sites (tertiary alicyclic amines) is 2. The van der Waals surface area contributed by atoms with E-state index in [1.54, 1.807) is 6.07 Å². The minimum atomic E-state index is -1.10. The number of amidine groups is 1. The second kappa shape index (κ2) is 20.7. The molecule has 0 radical (unpaired) electrons. The number of nitrogens with one attached hydrogen (secondary N) is 2. The zero-order chi connectivity index (χ0) is 43.6. The number of rotatable bonds is 12. The van der Waals surface area contributed by atoms with Crippen LogP contribution in [0.25, 0.3) is 22.2 Å². The third-order valence-electron chi connectivity index (χ3n) is 11.9. The number of nitrogens with zero attached hydrogens (tertiary/aromatic N) is 5. The van der Waals surface area contributed by atoms with Crippen molar-refractivity contribution >= 4 is 46.4 Å². The number of hydrazine groups is 1. The summed E-state index contributed by atoms with van der Waals surface area (Å²) in [4.78, 5) is 56.0. The number of nitrogens with two attached hydrogens (primary N) is 3. The number of fused-ring (bicyclic) bond motifs is 2. The lowest BCUT2D eigenvalue weighted by atomic mass is 9.95. The molecule has 8 N–H and O–H groups in total. The van der Waals surface area contributed by atoms with Crippen LogP contribution in [0.3, 0.4) is 0 Å². The summed E-state index contributed by atoms with van der Waals surface area (Å²) in [5.74, 6) is 7.96. The standard InChI is InChI=1S/C26H33N5O2.C18H20FN3O4.H4N2/c1-30-11-7-18(8-12-30)17-31-13-9-21(10-14-31)32-22-4-2-3-19(15-22)25-23-16-20(26(27)28)5-6-24(23)29-33-25;1-20-16(24)14(5-4-8-23)22-17(25)11-9-13(19)15(10-12(11)18(22)26)21-6-2-3-7-21;1-2/h2-6,15-16,18,21H,7-14,17H2,1H3,(H3,27,28);8-10,14H,2-7H2,1H3,(H,20,24);1-2H2. The van der Waals surface area contributed by atoms with Crippen LogP contribution < -0.4 is 32.4 Å². The van der Waals surface area contributed by atoms with Crippen molar-refractivity contribution < 1.29 is 32.8 Å². The summed E-state index contributed by atoms with van der Waals surface area (Å²) in [5, 5.41) is 15.1. The molecule has 1 aromatic heterocycles. The van der Waals surface area contributed by atoms with Crippen molar-refractivity contribution in [1.82, 2.24) is 25.2 Å². The Hall–Kier alpha value is -5.75. The number of anilines is 1. The van der Waals surface area contributed by atoms with Crippen molar-refractivity contribution in [2.45, 2.75) is 63.5 Å². The Morgan fingerprint density at radius 1 is 0.984 bits per heavy atom. The Balaban J connectivity index is 0.000000202. The molecule has 3 saturated heterocycles. The van der Waals surface area contributed by atoms with E-state index in [9.17, 15) is 23.6 Å². The maximum atomic E-state index is 14.5. The van der Waals surface area contributed by atoms with Crippen molar-refractivity contribution in [3.05, 3.63) is 77.1 Å². The first-order valence-corrected chi connectivity index (χ1v) is 20.9. The van der Waals surface area contributed by atoms with Crippen LogP contribution in [0.15, 0.2) is 59.1 Å². The average Bonchev–Trinajstić information content (AvgIpc) is 4.02. The van der Waals surface area contributed by atoms with Crippen molar-refractivity contribution in [3.63, 3.8) is 0 Å². The molecule has 4 aromatic rings. The summed E-state index contributed by atoms with van der Waals surface area (Å²) < 4.78 is 26.5. The number of hydrogen-bond donors (Lipinski definition) is 5. The third kappa shape index (κ3) is 10.4. The number of benzene rings is 3. The predicted molar refractivity (Wildman–Crippen MR) is 231 cm³/mol. The molecule has 0 bridgehead atoms. The van der Waals surface area contributed by atoms with Gasteiger partial charge in [0.15, 0.2) is 5.76 Å². The Kier molecular flexibility index (Phi) is 15.2. The number of hydrogen-bond acceptors (Lipinski definition) is 13. The highest BCUT2D eigenvalue weighted by Gasteiger charge is 2.43. The maximum absolute atomic E-state index is 14.5. The summed E-state index contributed by atoms with van der Waals surface area (Å²) in [6.07, 6.45) is 7.57. The van der Waals surface area contributed by atoms with E-state index in [4.69, 9.17) is 20.4 Å². The predicted octanol–water partition coefficient (Wildman–Crippen LogP) is 3.90. The number of carbonyl (C=O) groups excluding carboxylic acids is 4. The molecule has 326 valence electrons. The lowest BCUT2D eigenvalue weighted by Gasteiger charge is -2.36. The maximum Gasteiger partial charge on any atom is 0.262 e. The zero-order valence-electron chi connectivity index (χ0n) is 34.9. The second-order valence-corrected chi connectivity index (χ2v) is 15.9. The molecule has 0 saturated carbocycles. The summed E-state index contributed by atoms with van der Waals surface area (Å²) >= 11 is 0. The monoisotopic (exact) mass is 840 g/mol. The van der Waals surface area contributed by atoms with Crippen LogP contribution in [0.2, 0.25) is 0 Å². The van der Waals surface area contributed by atoms with Gasteiger partial charge in [-0.2, -0.15) is 0 Å². The fourth-order valence-corrected chi connectivity index (χ4v) is 8.56. The van der Waals surface area contributed by atoms with Crippen molar-refractivity contribution in [3.8, 4) is 17.1 Å². The number of piperidine rings is 2. The van der Waals surface area contributed by atoms with Gasteiger partial charge in [-0.15, -0.1) is 0 Å². The van der Waals surface area contributed by atoms with Crippen LogP contribution in [0.5, 0.6) is 5.75 Å². The zero-order valence-corrected chi connectivity index (χ0v) is 34.9. The molecule has 4 aliphatic heterocycles. The number of aromatic nitrogens is 1. The van der Waals surface area contributed by atoms with Crippen LogP contribution in [-0.4, -0.2) is 122 Å². The summed E-state index contributed by atoms with van der Waals surface area (Å²) in [7, 11) is 3.61. The summed E-state index contributed by atoms with van der Waals surface area (Å²) in [6.45, 7) is 7.31. The van der Waals surface area contributed by atoms with Crippen molar-refractivity contribution in [2.24, 2.45) is 23.3 Å². The largest absolute Gasteiger partial charge is 0.490 e. The fourth-order valence-electron chi connectivity index (χ4n) is 8.56. The second-order valence-electron chi connectivity index (χ2n) is 15.9. The van der Waals surface area contributed by atoms with Gasteiger partial charge in [-0.1, -0.05) is 17.3 Å². The first-order valence-electron chi connectivity index (χ1n) is 20.9.